The molecule has 20 heavy (non-hydrogen) atoms. The van der Waals surface area contributed by atoms with Crippen molar-refractivity contribution in [3.05, 3.63) is 64.7 Å². The van der Waals surface area contributed by atoms with Gasteiger partial charge in [-0.25, -0.2) is 0 Å². The van der Waals surface area contributed by atoms with Crippen LogP contribution in [-0.2, 0) is 6.54 Å². The predicted molar refractivity (Wildman–Crippen MR) is 81.1 cm³/mol. The van der Waals surface area contributed by atoms with E-state index in [9.17, 15) is 5.11 Å². The molecule has 0 saturated heterocycles. The molecule has 2 rings (SSSR count). The zero-order valence-electron chi connectivity index (χ0n) is 11.3. The van der Waals surface area contributed by atoms with Crippen LogP contribution in [0, 0.1) is 0 Å². The summed E-state index contributed by atoms with van der Waals surface area (Å²) in [6, 6.07) is 15.1. The first-order valence-electron chi connectivity index (χ1n) is 6.46. The van der Waals surface area contributed by atoms with Gasteiger partial charge in [0.25, 0.3) is 0 Å². The minimum atomic E-state index is -0.537. The van der Waals surface area contributed by atoms with Crippen molar-refractivity contribution in [1.82, 2.24) is 5.32 Å². The fourth-order valence-electron chi connectivity index (χ4n) is 1.90. The van der Waals surface area contributed by atoms with Gasteiger partial charge in [0.15, 0.2) is 0 Å². The Morgan fingerprint density at radius 3 is 2.35 bits per heavy atom. The van der Waals surface area contributed by atoms with Crippen LogP contribution in [0.25, 0.3) is 0 Å². The largest absolute Gasteiger partial charge is 0.497 e. The fourth-order valence-corrected chi connectivity index (χ4v) is 2.03. The van der Waals surface area contributed by atoms with Gasteiger partial charge in [0.05, 0.1) is 13.2 Å². The molecular formula is C16H18ClNO2. The van der Waals surface area contributed by atoms with E-state index in [1.54, 1.807) is 19.2 Å². The molecule has 0 aliphatic heterocycles. The lowest BCUT2D eigenvalue weighted by Crippen LogP contribution is -2.21. The van der Waals surface area contributed by atoms with Crippen LogP contribution in [0.4, 0.5) is 0 Å². The number of rotatable bonds is 6. The van der Waals surface area contributed by atoms with Gasteiger partial charge >= 0.3 is 0 Å². The maximum atomic E-state index is 10.0. The molecule has 106 valence electrons. The monoisotopic (exact) mass is 291 g/mol. The van der Waals surface area contributed by atoms with Gasteiger partial charge in [-0.15, -0.1) is 0 Å². The Kier molecular flexibility index (Phi) is 5.41. The second-order valence-corrected chi connectivity index (χ2v) is 4.98. The average Bonchev–Trinajstić information content (AvgIpc) is 2.48. The third kappa shape index (κ3) is 4.23. The summed E-state index contributed by atoms with van der Waals surface area (Å²) in [5.74, 6) is 0.843. The van der Waals surface area contributed by atoms with E-state index >= 15 is 0 Å². The Bertz CT molecular complexity index is 525. The van der Waals surface area contributed by atoms with E-state index in [0.29, 0.717) is 18.1 Å². The number of hydrogen-bond donors (Lipinski definition) is 2. The van der Waals surface area contributed by atoms with E-state index in [2.05, 4.69) is 5.32 Å². The lowest BCUT2D eigenvalue weighted by atomic mass is 10.1. The van der Waals surface area contributed by atoms with Gasteiger partial charge in [0.1, 0.15) is 5.75 Å². The Morgan fingerprint density at radius 2 is 1.75 bits per heavy atom. The first kappa shape index (κ1) is 14.9. The van der Waals surface area contributed by atoms with Crippen LogP contribution in [-0.4, -0.2) is 18.8 Å². The Balaban J connectivity index is 1.81. The first-order valence-corrected chi connectivity index (χ1v) is 6.84. The van der Waals surface area contributed by atoms with E-state index < -0.39 is 6.10 Å². The molecule has 0 heterocycles. The van der Waals surface area contributed by atoms with Crippen LogP contribution in [0.5, 0.6) is 5.75 Å². The number of halogens is 1. The number of aliphatic hydroxyl groups is 1. The highest BCUT2D eigenvalue weighted by atomic mass is 35.5. The quantitative estimate of drug-likeness (QED) is 0.859. The maximum absolute atomic E-state index is 10.0. The normalized spacial score (nSPS) is 12.2. The molecule has 0 bridgehead atoms. The van der Waals surface area contributed by atoms with Crippen molar-refractivity contribution in [2.75, 3.05) is 13.7 Å². The van der Waals surface area contributed by atoms with Crippen molar-refractivity contribution >= 4 is 11.6 Å². The average molecular weight is 292 g/mol. The molecule has 1 unspecified atom stereocenters. The van der Waals surface area contributed by atoms with Crippen LogP contribution < -0.4 is 10.1 Å². The minimum Gasteiger partial charge on any atom is -0.497 e. The van der Waals surface area contributed by atoms with Crippen molar-refractivity contribution in [2.24, 2.45) is 0 Å². The molecule has 4 heteroatoms. The summed E-state index contributed by atoms with van der Waals surface area (Å²) in [4.78, 5) is 0. The summed E-state index contributed by atoms with van der Waals surface area (Å²) < 4.78 is 5.11. The SMILES string of the molecule is COc1ccc(CNCC(O)c2ccc(Cl)cc2)cc1. The zero-order valence-corrected chi connectivity index (χ0v) is 12.1. The van der Waals surface area contributed by atoms with Gasteiger partial charge < -0.3 is 15.2 Å². The third-order valence-corrected chi connectivity index (χ3v) is 3.33. The molecular weight excluding hydrogens is 274 g/mol. The second kappa shape index (κ2) is 7.29. The molecule has 2 N–H and O–H groups in total. The molecule has 2 aromatic rings. The van der Waals surface area contributed by atoms with Crippen LogP contribution in [0.3, 0.4) is 0 Å². The summed E-state index contributed by atoms with van der Waals surface area (Å²) in [5, 5.41) is 13.9. The smallest absolute Gasteiger partial charge is 0.118 e. The lowest BCUT2D eigenvalue weighted by molar-refractivity contribution is 0.174. The molecule has 0 aromatic heterocycles. The van der Waals surface area contributed by atoms with Gasteiger partial charge in [0.2, 0.25) is 0 Å². The number of benzene rings is 2. The van der Waals surface area contributed by atoms with Gasteiger partial charge in [-0.3, -0.25) is 0 Å². The minimum absolute atomic E-state index is 0.494. The summed E-state index contributed by atoms with van der Waals surface area (Å²) in [7, 11) is 1.65. The van der Waals surface area contributed by atoms with Crippen molar-refractivity contribution in [3.8, 4) is 5.75 Å². The van der Waals surface area contributed by atoms with Crippen LogP contribution in [0.1, 0.15) is 17.2 Å². The van der Waals surface area contributed by atoms with Crippen LogP contribution >= 0.6 is 11.6 Å². The molecule has 0 spiro atoms. The predicted octanol–water partition coefficient (Wildman–Crippen LogP) is 3.17. The summed E-state index contributed by atoms with van der Waals surface area (Å²) in [5.41, 5.74) is 2.01. The van der Waals surface area contributed by atoms with Gasteiger partial charge in [-0.1, -0.05) is 35.9 Å². The van der Waals surface area contributed by atoms with E-state index in [4.69, 9.17) is 16.3 Å². The van der Waals surface area contributed by atoms with E-state index in [1.165, 1.54) is 0 Å². The van der Waals surface area contributed by atoms with E-state index in [0.717, 1.165) is 16.9 Å². The Morgan fingerprint density at radius 1 is 1.10 bits per heavy atom. The Hall–Kier alpha value is -1.55. The number of aliphatic hydroxyl groups excluding tert-OH is 1. The molecule has 3 nitrogen and oxygen atoms in total. The van der Waals surface area contributed by atoms with E-state index in [1.807, 2.05) is 36.4 Å². The fraction of sp³-hybridized carbons (Fsp3) is 0.250. The van der Waals surface area contributed by atoms with Gasteiger partial charge in [-0.2, -0.15) is 0 Å². The molecule has 0 aliphatic carbocycles. The molecule has 0 amide bonds. The maximum Gasteiger partial charge on any atom is 0.118 e. The summed E-state index contributed by atoms with van der Waals surface area (Å²) >= 11 is 5.82. The third-order valence-electron chi connectivity index (χ3n) is 3.08. The molecule has 2 aromatic carbocycles. The Labute approximate surface area is 124 Å². The lowest BCUT2D eigenvalue weighted by Gasteiger charge is -2.12. The second-order valence-electron chi connectivity index (χ2n) is 4.55. The zero-order chi connectivity index (χ0) is 14.4. The molecule has 0 saturated carbocycles. The van der Waals surface area contributed by atoms with Crippen LogP contribution in [0.2, 0.25) is 5.02 Å². The summed E-state index contributed by atoms with van der Waals surface area (Å²) in [6.07, 6.45) is -0.537. The van der Waals surface area contributed by atoms with Crippen molar-refractivity contribution in [1.29, 1.82) is 0 Å². The number of ether oxygens (including phenoxy) is 1. The highest BCUT2D eigenvalue weighted by Crippen LogP contribution is 2.16. The van der Waals surface area contributed by atoms with Crippen LogP contribution in [0.15, 0.2) is 48.5 Å². The summed E-state index contributed by atoms with van der Waals surface area (Å²) in [6.45, 7) is 1.20. The van der Waals surface area contributed by atoms with Gasteiger partial charge in [-0.05, 0) is 35.4 Å². The molecule has 0 radical (unpaired) electrons. The molecule has 0 fully saturated rings. The highest BCUT2D eigenvalue weighted by molar-refractivity contribution is 6.30. The number of methoxy groups -OCH3 is 1. The number of nitrogens with one attached hydrogen (secondary N) is 1. The highest BCUT2D eigenvalue weighted by Gasteiger charge is 2.06. The molecule has 1 atom stereocenters. The van der Waals surface area contributed by atoms with Crippen molar-refractivity contribution < 1.29 is 9.84 Å². The standard InChI is InChI=1S/C16H18ClNO2/c1-20-15-8-2-12(3-9-15)10-18-11-16(19)13-4-6-14(17)7-5-13/h2-9,16,18-19H,10-11H2,1H3. The van der Waals surface area contributed by atoms with Gasteiger partial charge in [0, 0.05) is 18.1 Å². The topological polar surface area (TPSA) is 41.5 Å². The van der Waals surface area contributed by atoms with Crippen molar-refractivity contribution in [2.45, 2.75) is 12.6 Å². The molecule has 0 aliphatic rings. The number of hydrogen-bond acceptors (Lipinski definition) is 3. The van der Waals surface area contributed by atoms with Crippen molar-refractivity contribution in [3.63, 3.8) is 0 Å². The first-order chi connectivity index (χ1) is 9.69. The van der Waals surface area contributed by atoms with E-state index in [-0.39, 0.29) is 0 Å².